The number of amides is 1. The molecule has 4 rings (SSSR count). The van der Waals surface area contributed by atoms with Gasteiger partial charge in [-0.15, -0.1) is 0 Å². The zero-order valence-corrected chi connectivity index (χ0v) is 22.6. The topological polar surface area (TPSA) is 62.6 Å². The predicted octanol–water partition coefficient (Wildman–Crippen LogP) is 5.99. The predicted molar refractivity (Wildman–Crippen MR) is 143 cm³/mol. The Kier molecular flexibility index (Phi) is 9.68. The summed E-state index contributed by atoms with van der Waals surface area (Å²) in [6.45, 7) is 4.86. The van der Waals surface area contributed by atoms with Crippen LogP contribution in [-0.4, -0.2) is 67.6 Å². The molecule has 2 aliphatic heterocycles. The average molecular weight is 582 g/mol. The monoisotopic (exact) mass is 581 g/mol. The van der Waals surface area contributed by atoms with Crippen molar-refractivity contribution >= 4 is 17.3 Å². The van der Waals surface area contributed by atoms with E-state index in [2.05, 4.69) is 15.1 Å². The fourth-order valence-corrected chi connectivity index (χ4v) is 5.40. The Balaban J connectivity index is 1.17. The lowest BCUT2D eigenvalue weighted by Crippen LogP contribution is -2.42. The normalized spacial score (nSPS) is 17.7. The molecule has 0 aromatic heterocycles. The van der Waals surface area contributed by atoms with Crippen LogP contribution in [0.1, 0.15) is 48.8 Å². The van der Waals surface area contributed by atoms with Gasteiger partial charge in [-0.1, -0.05) is 0 Å². The van der Waals surface area contributed by atoms with Crippen molar-refractivity contribution in [1.29, 1.82) is 5.26 Å². The lowest BCUT2D eigenvalue weighted by Gasteiger charge is -2.33. The highest BCUT2D eigenvalue weighted by Gasteiger charge is 2.34. The average Bonchev–Trinajstić information content (AvgIpc) is 3.18. The van der Waals surface area contributed by atoms with Gasteiger partial charge in [0, 0.05) is 56.6 Å². The number of halogens is 6. The second-order valence-electron chi connectivity index (χ2n) is 10.5. The fraction of sp³-hybridized carbons (Fsp3) is 0.517. The second kappa shape index (κ2) is 13.0. The quantitative estimate of drug-likeness (QED) is 0.407. The van der Waals surface area contributed by atoms with Crippen LogP contribution in [-0.2, 0) is 17.1 Å². The van der Waals surface area contributed by atoms with Gasteiger partial charge in [-0.2, -0.15) is 31.6 Å². The standard InChI is InChI=1S/C29H33F6N5O/c30-28(31,32)22-5-8-25(9-6-22)39-14-2-13-38(17-18-39)12-1-3-27(41)40-15-10-23(11-16-40)37-24-7-4-21(20-36)26(19-24)29(33,34)35/h4-9,19,23,37H,1-3,10-18H2. The van der Waals surface area contributed by atoms with Crippen molar-refractivity contribution in [1.82, 2.24) is 9.80 Å². The van der Waals surface area contributed by atoms with Crippen LogP contribution in [0.25, 0.3) is 0 Å². The van der Waals surface area contributed by atoms with E-state index in [0.717, 1.165) is 56.5 Å². The first-order chi connectivity index (χ1) is 19.4. The lowest BCUT2D eigenvalue weighted by atomic mass is 10.0. The lowest BCUT2D eigenvalue weighted by molar-refractivity contribution is -0.138. The highest BCUT2D eigenvalue weighted by atomic mass is 19.4. The summed E-state index contributed by atoms with van der Waals surface area (Å²) in [6.07, 6.45) is -5.77. The number of carbonyl (C=O) groups is 1. The molecular formula is C29H33F6N5O. The first-order valence-corrected chi connectivity index (χ1v) is 13.7. The van der Waals surface area contributed by atoms with E-state index < -0.39 is 29.0 Å². The maximum Gasteiger partial charge on any atom is 0.417 e. The van der Waals surface area contributed by atoms with Crippen LogP contribution >= 0.6 is 0 Å². The third-order valence-corrected chi connectivity index (χ3v) is 7.68. The Morgan fingerprint density at radius 3 is 2.24 bits per heavy atom. The van der Waals surface area contributed by atoms with E-state index >= 15 is 0 Å². The van der Waals surface area contributed by atoms with E-state index in [9.17, 15) is 31.1 Å². The molecule has 2 aliphatic rings. The minimum absolute atomic E-state index is 0.0578. The first kappa shape index (κ1) is 30.5. The molecule has 2 saturated heterocycles. The maximum atomic E-state index is 13.2. The molecule has 12 heteroatoms. The molecule has 2 aromatic rings. The summed E-state index contributed by atoms with van der Waals surface area (Å²) < 4.78 is 78.3. The smallest absolute Gasteiger partial charge is 0.382 e. The van der Waals surface area contributed by atoms with Gasteiger partial charge < -0.3 is 20.0 Å². The molecule has 2 aromatic carbocycles. The molecule has 2 heterocycles. The van der Waals surface area contributed by atoms with Gasteiger partial charge in [0.15, 0.2) is 0 Å². The van der Waals surface area contributed by atoms with Gasteiger partial charge in [0.1, 0.15) is 0 Å². The number of hydrogen-bond donors (Lipinski definition) is 1. The van der Waals surface area contributed by atoms with Crippen LogP contribution in [0.4, 0.5) is 37.7 Å². The van der Waals surface area contributed by atoms with Gasteiger partial charge in [-0.25, -0.2) is 0 Å². The zero-order valence-electron chi connectivity index (χ0n) is 22.6. The van der Waals surface area contributed by atoms with E-state index in [1.165, 1.54) is 24.3 Å². The van der Waals surface area contributed by atoms with Crippen molar-refractivity contribution in [2.24, 2.45) is 0 Å². The SMILES string of the molecule is N#Cc1ccc(NC2CCN(C(=O)CCCN3CCCN(c4ccc(C(F)(F)F)cc4)CC3)CC2)cc1C(F)(F)F. The van der Waals surface area contributed by atoms with E-state index in [-0.39, 0.29) is 11.9 Å². The van der Waals surface area contributed by atoms with E-state index in [1.54, 1.807) is 11.0 Å². The number of alkyl halides is 6. The van der Waals surface area contributed by atoms with Crippen LogP contribution in [0.5, 0.6) is 0 Å². The highest BCUT2D eigenvalue weighted by molar-refractivity contribution is 5.76. The molecule has 6 nitrogen and oxygen atoms in total. The van der Waals surface area contributed by atoms with Gasteiger partial charge in [-0.05, 0) is 81.2 Å². The number of rotatable bonds is 7. The Morgan fingerprint density at radius 1 is 0.902 bits per heavy atom. The van der Waals surface area contributed by atoms with E-state index in [0.29, 0.717) is 51.0 Å². The summed E-state index contributed by atoms with van der Waals surface area (Å²) in [7, 11) is 0. The summed E-state index contributed by atoms with van der Waals surface area (Å²) in [6, 6.07) is 10.4. The van der Waals surface area contributed by atoms with E-state index in [4.69, 9.17) is 5.26 Å². The molecular weight excluding hydrogens is 548 g/mol. The molecule has 2 fully saturated rings. The van der Waals surface area contributed by atoms with Crippen molar-refractivity contribution in [2.45, 2.75) is 50.5 Å². The molecule has 0 saturated carbocycles. The molecule has 222 valence electrons. The zero-order chi connectivity index (χ0) is 29.6. The van der Waals surface area contributed by atoms with Crippen LogP contribution in [0.15, 0.2) is 42.5 Å². The molecule has 0 atom stereocenters. The molecule has 0 bridgehead atoms. The minimum Gasteiger partial charge on any atom is -0.382 e. The van der Waals surface area contributed by atoms with Gasteiger partial charge >= 0.3 is 12.4 Å². The largest absolute Gasteiger partial charge is 0.417 e. The Labute approximate surface area is 235 Å². The fourth-order valence-electron chi connectivity index (χ4n) is 5.40. The van der Waals surface area contributed by atoms with Crippen LogP contribution in [0, 0.1) is 11.3 Å². The summed E-state index contributed by atoms with van der Waals surface area (Å²) in [5, 5.41) is 12.1. The van der Waals surface area contributed by atoms with Gasteiger partial charge in [0.2, 0.25) is 5.91 Å². The number of nitrogens with zero attached hydrogens (tertiary/aromatic N) is 4. The summed E-state index contributed by atoms with van der Waals surface area (Å²) in [4.78, 5) is 18.9. The van der Waals surface area contributed by atoms with Gasteiger partial charge in [0.25, 0.3) is 0 Å². The Morgan fingerprint density at radius 2 is 1.61 bits per heavy atom. The number of carbonyl (C=O) groups excluding carboxylic acids is 1. The minimum atomic E-state index is -4.61. The third-order valence-electron chi connectivity index (χ3n) is 7.68. The van der Waals surface area contributed by atoms with Gasteiger partial charge in [0.05, 0.1) is 22.8 Å². The number of anilines is 2. The Hall–Kier alpha value is -3.46. The summed E-state index contributed by atoms with van der Waals surface area (Å²) >= 11 is 0. The van der Waals surface area contributed by atoms with Crippen LogP contribution in [0.3, 0.4) is 0 Å². The number of likely N-dealkylation sites (tertiary alicyclic amines) is 1. The molecule has 0 radical (unpaired) electrons. The van der Waals surface area contributed by atoms with Crippen molar-refractivity contribution in [2.75, 3.05) is 56.0 Å². The molecule has 0 unspecified atom stereocenters. The second-order valence-corrected chi connectivity index (χ2v) is 10.5. The summed E-state index contributed by atoms with van der Waals surface area (Å²) in [5.74, 6) is 0.0578. The molecule has 1 amide bonds. The number of hydrogen-bond acceptors (Lipinski definition) is 5. The van der Waals surface area contributed by atoms with Crippen LogP contribution in [0.2, 0.25) is 0 Å². The molecule has 41 heavy (non-hydrogen) atoms. The number of benzene rings is 2. The molecule has 0 spiro atoms. The van der Waals surface area contributed by atoms with Crippen LogP contribution < -0.4 is 10.2 Å². The molecule has 1 N–H and O–H groups in total. The molecule has 0 aliphatic carbocycles. The number of nitriles is 1. The van der Waals surface area contributed by atoms with Crippen molar-refractivity contribution in [3.8, 4) is 6.07 Å². The van der Waals surface area contributed by atoms with Crippen molar-refractivity contribution < 1.29 is 31.1 Å². The number of piperidine rings is 1. The number of nitrogens with one attached hydrogen (secondary N) is 1. The van der Waals surface area contributed by atoms with Gasteiger partial charge in [-0.3, -0.25) is 4.79 Å². The first-order valence-electron chi connectivity index (χ1n) is 13.7. The van der Waals surface area contributed by atoms with Crippen molar-refractivity contribution in [3.63, 3.8) is 0 Å². The highest BCUT2D eigenvalue weighted by Crippen LogP contribution is 2.34. The summed E-state index contributed by atoms with van der Waals surface area (Å²) in [5.41, 5.74) is -0.966. The third kappa shape index (κ3) is 8.28. The maximum absolute atomic E-state index is 13.2. The van der Waals surface area contributed by atoms with Crippen molar-refractivity contribution in [3.05, 3.63) is 59.2 Å². The van der Waals surface area contributed by atoms with E-state index in [1.807, 2.05) is 0 Å². The Bertz CT molecular complexity index is 1220.